The zero-order valence-electron chi connectivity index (χ0n) is 19.3. The van der Waals surface area contributed by atoms with Gasteiger partial charge in [-0.1, -0.05) is 6.07 Å². The first-order valence-electron chi connectivity index (χ1n) is 11.3. The summed E-state index contributed by atoms with van der Waals surface area (Å²) in [5.41, 5.74) is 20.5. The highest BCUT2D eigenvalue weighted by Gasteiger charge is 2.55. The second-order valence-electron chi connectivity index (χ2n) is 10.0. The molecule has 0 aromatic heterocycles. The van der Waals surface area contributed by atoms with E-state index in [2.05, 4.69) is 13.8 Å². The van der Waals surface area contributed by atoms with Crippen LogP contribution in [0.2, 0.25) is 0 Å². The number of guanidine groups is 1. The molecule has 1 amide bonds. The minimum atomic E-state index is -1.11. The lowest BCUT2D eigenvalue weighted by Gasteiger charge is -2.44. The van der Waals surface area contributed by atoms with E-state index in [1.165, 1.54) is 4.90 Å². The highest BCUT2D eigenvalue weighted by atomic mass is 16.5. The Hall–Kier alpha value is -3.26. The van der Waals surface area contributed by atoms with Crippen molar-refractivity contribution in [1.29, 1.82) is 0 Å². The molecule has 0 saturated carbocycles. The van der Waals surface area contributed by atoms with Crippen molar-refractivity contribution in [2.75, 3.05) is 25.1 Å². The summed E-state index contributed by atoms with van der Waals surface area (Å²) in [7, 11) is 1.67. The molecule has 3 aliphatic heterocycles. The Labute approximate surface area is 193 Å². The summed E-state index contributed by atoms with van der Waals surface area (Å²) in [4.78, 5) is 19.8. The van der Waals surface area contributed by atoms with Crippen molar-refractivity contribution >= 4 is 23.2 Å². The summed E-state index contributed by atoms with van der Waals surface area (Å²) in [5.74, 6) is 1.00. The van der Waals surface area contributed by atoms with Crippen LogP contribution < -0.4 is 21.9 Å². The molecule has 8 nitrogen and oxygen atoms in total. The molecule has 6 N–H and O–H groups in total. The average Bonchev–Trinajstić information content (AvgIpc) is 2.96. The van der Waals surface area contributed by atoms with E-state index in [1.807, 2.05) is 30.3 Å². The first-order valence-corrected chi connectivity index (χ1v) is 11.3. The third-order valence-corrected chi connectivity index (χ3v) is 7.08. The molecule has 3 atom stereocenters. The number of benzene rings is 2. The van der Waals surface area contributed by atoms with Crippen LogP contribution in [0, 0.1) is 5.92 Å². The molecule has 0 aliphatic carbocycles. The van der Waals surface area contributed by atoms with Crippen LogP contribution in [0.4, 0.5) is 11.4 Å². The lowest BCUT2D eigenvalue weighted by atomic mass is 9.74. The lowest BCUT2D eigenvalue weighted by molar-refractivity contribution is -0.134. The van der Waals surface area contributed by atoms with Crippen molar-refractivity contribution in [3.63, 3.8) is 0 Å². The predicted molar refractivity (Wildman–Crippen MR) is 129 cm³/mol. The maximum absolute atomic E-state index is 13.6. The third-order valence-electron chi connectivity index (χ3n) is 7.08. The first-order chi connectivity index (χ1) is 15.6. The number of nitrogens with two attached hydrogens (primary N) is 3. The smallest absolute Gasteiger partial charge is 0.261 e. The maximum Gasteiger partial charge on any atom is 0.261 e. The number of nitrogens with zero attached hydrogens (tertiary/aromatic N) is 2. The fourth-order valence-corrected chi connectivity index (χ4v) is 5.45. The Morgan fingerprint density at radius 3 is 2.39 bits per heavy atom. The van der Waals surface area contributed by atoms with Gasteiger partial charge < -0.3 is 26.7 Å². The number of likely N-dealkylation sites (N-methyl/N-ethyl adjacent to an activating group) is 1. The van der Waals surface area contributed by atoms with E-state index in [0.717, 1.165) is 29.5 Å². The molecule has 1 fully saturated rings. The fourth-order valence-electron chi connectivity index (χ4n) is 5.45. The monoisotopic (exact) mass is 449 g/mol. The Morgan fingerprint density at radius 2 is 1.76 bits per heavy atom. The highest BCUT2D eigenvalue weighted by Crippen LogP contribution is 2.49. The third kappa shape index (κ3) is 3.58. The Morgan fingerprint density at radius 1 is 1.03 bits per heavy atom. The van der Waals surface area contributed by atoms with E-state index in [9.17, 15) is 4.79 Å². The van der Waals surface area contributed by atoms with E-state index < -0.39 is 5.54 Å². The minimum Gasteiger partial charge on any atom is -0.490 e. The van der Waals surface area contributed by atoms with E-state index in [0.29, 0.717) is 30.2 Å². The van der Waals surface area contributed by atoms with Gasteiger partial charge in [0.1, 0.15) is 11.9 Å². The molecular formula is C25H31N5O3. The van der Waals surface area contributed by atoms with Crippen LogP contribution >= 0.6 is 0 Å². The number of hydrogen-bond donors (Lipinski definition) is 3. The summed E-state index contributed by atoms with van der Waals surface area (Å²) >= 11 is 0. The summed E-state index contributed by atoms with van der Waals surface area (Å²) in [6.07, 6.45) is 2.00. The predicted octanol–water partition coefficient (Wildman–Crippen LogP) is 2.86. The minimum absolute atomic E-state index is 0.134. The number of aliphatic imine (C=N–C) groups is 1. The zero-order valence-corrected chi connectivity index (χ0v) is 19.3. The molecule has 3 aliphatic rings. The number of carbonyl (C=O) groups excluding carboxylic acids is 1. The van der Waals surface area contributed by atoms with Crippen LogP contribution in [0.5, 0.6) is 5.75 Å². The van der Waals surface area contributed by atoms with Crippen LogP contribution in [0.15, 0.2) is 41.4 Å². The molecule has 5 rings (SSSR count). The number of rotatable bonds is 2. The molecule has 3 unspecified atom stereocenters. The Kier molecular flexibility index (Phi) is 4.83. The van der Waals surface area contributed by atoms with Crippen LogP contribution in [-0.4, -0.2) is 42.1 Å². The SMILES string of the molecule is CN1C(=O)C2(CC(C3CCOC(C)(C)C3)Oc3ccc(-c4cc(N)cc(N)c4)cc32)N=C1N. The van der Waals surface area contributed by atoms with Gasteiger partial charge in [-0.15, -0.1) is 0 Å². The van der Waals surface area contributed by atoms with Gasteiger partial charge in [-0.2, -0.15) is 0 Å². The second kappa shape index (κ2) is 7.38. The molecule has 3 heterocycles. The average molecular weight is 450 g/mol. The van der Waals surface area contributed by atoms with Crippen LogP contribution in [-0.2, 0) is 15.1 Å². The largest absolute Gasteiger partial charge is 0.490 e. The molecule has 1 spiro atoms. The molecule has 0 radical (unpaired) electrons. The van der Waals surface area contributed by atoms with Crippen molar-refractivity contribution in [1.82, 2.24) is 4.90 Å². The zero-order chi connectivity index (χ0) is 23.5. The van der Waals surface area contributed by atoms with Crippen molar-refractivity contribution in [3.05, 3.63) is 42.0 Å². The number of carbonyl (C=O) groups is 1. The number of amides is 1. The molecule has 2 aromatic rings. The van der Waals surface area contributed by atoms with E-state index in [-0.39, 0.29) is 29.5 Å². The summed E-state index contributed by atoms with van der Waals surface area (Å²) in [5, 5.41) is 0. The van der Waals surface area contributed by atoms with Gasteiger partial charge in [0.05, 0.1) is 5.60 Å². The van der Waals surface area contributed by atoms with E-state index in [1.54, 1.807) is 13.1 Å². The van der Waals surface area contributed by atoms with Crippen LogP contribution in [0.1, 0.15) is 38.7 Å². The van der Waals surface area contributed by atoms with Crippen molar-refractivity contribution in [2.24, 2.45) is 16.6 Å². The quantitative estimate of drug-likeness (QED) is 0.605. The van der Waals surface area contributed by atoms with Gasteiger partial charge in [-0.05, 0) is 68.1 Å². The summed E-state index contributed by atoms with van der Waals surface area (Å²) in [6.45, 7) is 4.87. The summed E-state index contributed by atoms with van der Waals surface area (Å²) < 4.78 is 12.4. The molecule has 174 valence electrons. The first kappa shape index (κ1) is 21.6. The standard InChI is InChI=1S/C25H31N5O3/c1-24(2)12-15(6-7-32-24)21-13-25(22(31)30(3)23(28)29-25)19-10-14(4-5-20(19)33-21)16-8-17(26)11-18(27)9-16/h4-5,8-11,15,21H,6-7,12-13,26-27H2,1-3H3,(H2,28,29). The van der Waals surface area contributed by atoms with Crippen molar-refractivity contribution in [2.45, 2.75) is 50.4 Å². The van der Waals surface area contributed by atoms with E-state index >= 15 is 0 Å². The van der Waals surface area contributed by atoms with Gasteiger partial charge >= 0.3 is 0 Å². The topological polar surface area (TPSA) is 129 Å². The van der Waals surface area contributed by atoms with Crippen LogP contribution in [0.25, 0.3) is 11.1 Å². The summed E-state index contributed by atoms with van der Waals surface area (Å²) in [6, 6.07) is 11.3. The Bertz CT molecular complexity index is 1140. The van der Waals surface area contributed by atoms with Gasteiger partial charge in [-0.25, -0.2) is 4.99 Å². The number of anilines is 2. The number of fused-ring (bicyclic) bond motifs is 2. The molecular weight excluding hydrogens is 418 g/mol. The highest BCUT2D eigenvalue weighted by molar-refractivity contribution is 6.07. The molecule has 0 bridgehead atoms. The maximum atomic E-state index is 13.6. The van der Waals surface area contributed by atoms with Crippen LogP contribution in [0.3, 0.4) is 0 Å². The molecule has 1 saturated heterocycles. The number of ether oxygens (including phenoxy) is 2. The Balaban J connectivity index is 1.61. The molecule has 33 heavy (non-hydrogen) atoms. The molecule has 2 aromatic carbocycles. The molecule has 8 heteroatoms. The second-order valence-corrected chi connectivity index (χ2v) is 10.0. The normalized spacial score (nSPS) is 28.4. The van der Waals surface area contributed by atoms with Gasteiger partial charge in [0.2, 0.25) is 0 Å². The van der Waals surface area contributed by atoms with Gasteiger partial charge in [0.15, 0.2) is 11.5 Å². The van der Waals surface area contributed by atoms with Crippen molar-refractivity contribution < 1.29 is 14.3 Å². The van der Waals surface area contributed by atoms with Crippen molar-refractivity contribution in [3.8, 4) is 16.9 Å². The number of nitrogen functional groups attached to an aromatic ring is 2. The van der Waals surface area contributed by atoms with E-state index in [4.69, 9.17) is 31.7 Å². The number of hydrogen-bond acceptors (Lipinski definition) is 7. The van der Waals surface area contributed by atoms with Gasteiger partial charge in [-0.3, -0.25) is 9.69 Å². The van der Waals surface area contributed by atoms with Gasteiger partial charge in [0.25, 0.3) is 5.91 Å². The van der Waals surface area contributed by atoms with Gasteiger partial charge in [0, 0.05) is 42.9 Å². The fraction of sp³-hybridized carbons (Fsp3) is 0.440. The lowest BCUT2D eigenvalue weighted by Crippen LogP contribution is -2.49.